The smallest absolute Gasteiger partial charge is 0.467 e. The van der Waals surface area contributed by atoms with Gasteiger partial charge in [0.2, 0.25) is 0 Å². The Balaban J connectivity index is 2.00. The van der Waals surface area contributed by atoms with Gasteiger partial charge in [-0.25, -0.2) is 0 Å². The van der Waals surface area contributed by atoms with E-state index in [0.29, 0.717) is 15.8 Å². The Morgan fingerprint density at radius 1 is 1.19 bits per heavy atom. The molecule has 3 rings (SSSR count). The average molecular weight is 378 g/mol. The predicted octanol–water partition coefficient (Wildman–Crippen LogP) is 3.83. The lowest BCUT2D eigenvalue weighted by Crippen LogP contribution is -2.41. The van der Waals surface area contributed by atoms with E-state index in [9.17, 15) is 22.8 Å². The van der Waals surface area contributed by atoms with E-state index in [1.54, 1.807) is 6.07 Å². The van der Waals surface area contributed by atoms with Crippen molar-refractivity contribution in [3.05, 3.63) is 69.4 Å². The molecule has 0 spiro atoms. The minimum Gasteiger partial charge on any atom is -0.467 e. The van der Waals surface area contributed by atoms with Gasteiger partial charge in [0.15, 0.2) is 0 Å². The Bertz CT molecular complexity index is 1040. The van der Waals surface area contributed by atoms with Crippen LogP contribution in [0.5, 0.6) is 0 Å². The molecular weight excluding hydrogens is 361 g/mol. The molecule has 142 valence electrons. The fraction of sp³-hybridized carbons (Fsp3) is 0.263. The first-order valence-corrected chi connectivity index (χ1v) is 8.17. The van der Waals surface area contributed by atoms with E-state index < -0.39 is 30.7 Å². The van der Waals surface area contributed by atoms with E-state index in [-0.39, 0.29) is 11.3 Å². The summed E-state index contributed by atoms with van der Waals surface area (Å²) in [5.74, 6) is -1.84. The fourth-order valence-corrected chi connectivity index (χ4v) is 2.86. The van der Waals surface area contributed by atoms with Gasteiger partial charge in [-0.1, -0.05) is 12.1 Å². The lowest BCUT2D eigenvalue weighted by atomic mass is 10.0. The number of H-pyrrole nitrogens is 1. The van der Waals surface area contributed by atoms with Crippen molar-refractivity contribution in [2.75, 3.05) is 0 Å². The Morgan fingerprint density at radius 3 is 2.56 bits per heavy atom. The number of furan rings is 1. The summed E-state index contributed by atoms with van der Waals surface area (Å²) in [6.07, 6.45) is -3.75. The third-order valence-electron chi connectivity index (χ3n) is 4.45. The van der Waals surface area contributed by atoms with Crippen LogP contribution in [0.2, 0.25) is 0 Å². The van der Waals surface area contributed by atoms with E-state index in [1.165, 1.54) is 24.5 Å². The van der Waals surface area contributed by atoms with Crippen LogP contribution in [0, 0.1) is 13.8 Å². The van der Waals surface area contributed by atoms with Crippen LogP contribution >= 0.6 is 0 Å². The molecule has 1 amide bonds. The number of aryl methyl sites for hydroxylation is 2. The number of carbonyl (C=O) groups is 1. The number of rotatable bonds is 4. The second kappa shape index (κ2) is 6.94. The van der Waals surface area contributed by atoms with Crippen molar-refractivity contribution in [1.82, 2.24) is 9.88 Å². The number of pyridine rings is 1. The number of aromatic amines is 1. The molecule has 0 fully saturated rings. The van der Waals surface area contributed by atoms with Gasteiger partial charge in [0.25, 0.3) is 5.56 Å². The Morgan fingerprint density at radius 2 is 1.93 bits per heavy atom. The van der Waals surface area contributed by atoms with Crippen molar-refractivity contribution in [1.29, 1.82) is 0 Å². The van der Waals surface area contributed by atoms with Crippen LogP contribution in [0.1, 0.15) is 22.5 Å². The molecule has 1 aromatic carbocycles. The maximum absolute atomic E-state index is 13.0. The number of nitrogens with zero attached hydrogens (tertiary/aromatic N) is 1. The largest absolute Gasteiger partial charge is 0.471 e. The second-order valence-electron chi connectivity index (χ2n) is 6.33. The lowest BCUT2D eigenvalue weighted by Gasteiger charge is -2.22. The van der Waals surface area contributed by atoms with Gasteiger partial charge < -0.3 is 14.3 Å². The highest BCUT2D eigenvalue weighted by atomic mass is 19.4. The van der Waals surface area contributed by atoms with Gasteiger partial charge in [0.05, 0.1) is 24.9 Å². The molecular formula is C19H17F3N2O3. The third-order valence-corrected chi connectivity index (χ3v) is 4.45. The molecule has 27 heavy (non-hydrogen) atoms. The number of nitrogens with one attached hydrogen (secondary N) is 1. The minimum absolute atomic E-state index is 0.0647. The number of hydrogen-bond acceptors (Lipinski definition) is 3. The molecule has 0 bridgehead atoms. The molecule has 5 nitrogen and oxygen atoms in total. The van der Waals surface area contributed by atoms with E-state index in [0.717, 1.165) is 11.1 Å². The molecule has 2 aromatic heterocycles. The highest BCUT2D eigenvalue weighted by molar-refractivity contribution is 5.84. The molecule has 0 unspecified atom stereocenters. The van der Waals surface area contributed by atoms with Crippen molar-refractivity contribution in [3.8, 4) is 0 Å². The van der Waals surface area contributed by atoms with Crippen LogP contribution < -0.4 is 5.56 Å². The van der Waals surface area contributed by atoms with E-state index in [4.69, 9.17) is 4.42 Å². The minimum atomic E-state index is -5.05. The average Bonchev–Trinajstić information content (AvgIpc) is 3.10. The number of halogens is 3. The topological polar surface area (TPSA) is 66.3 Å². The molecule has 0 atom stereocenters. The molecule has 0 radical (unpaired) electrons. The van der Waals surface area contributed by atoms with Gasteiger partial charge in [-0.3, -0.25) is 9.59 Å². The molecule has 0 saturated carbocycles. The van der Waals surface area contributed by atoms with Gasteiger partial charge in [0.1, 0.15) is 5.76 Å². The lowest BCUT2D eigenvalue weighted by molar-refractivity contribution is -0.187. The number of aromatic nitrogens is 1. The van der Waals surface area contributed by atoms with Crippen molar-refractivity contribution < 1.29 is 22.4 Å². The van der Waals surface area contributed by atoms with Crippen LogP contribution in [0.25, 0.3) is 10.9 Å². The highest BCUT2D eigenvalue weighted by Gasteiger charge is 2.42. The van der Waals surface area contributed by atoms with Gasteiger partial charge in [-0.15, -0.1) is 0 Å². The standard InChI is InChI=1S/C19H17F3N2O3/c1-11-5-6-13-8-14(17(25)23-16(13)12(11)2)9-24(18(26)19(20,21)22)10-15-4-3-7-27-15/h3-8H,9-10H2,1-2H3,(H,23,25). The summed E-state index contributed by atoms with van der Waals surface area (Å²) in [6.45, 7) is 2.87. The predicted molar refractivity (Wildman–Crippen MR) is 93.1 cm³/mol. The first-order chi connectivity index (χ1) is 12.7. The number of fused-ring (bicyclic) bond motifs is 1. The monoisotopic (exact) mass is 378 g/mol. The first-order valence-electron chi connectivity index (χ1n) is 8.17. The first kappa shape index (κ1) is 18.8. The summed E-state index contributed by atoms with van der Waals surface area (Å²) in [5, 5.41) is 0.685. The maximum atomic E-state index is 13.0. The van der Waals surface area contributed by atoms with E-state index in [2.05, 4.69) is 4.98 Å². The molecule has 3 aromatic rings. The molecule has 2 heterocycles. The van der Waals surface area contributed by atoms with Gasteiger partial charge in [-0.05, 0) is 48.6 Å². The third kappa shape index (κ3) is 3.89. The summed E-state index contributed by atoms with van der Waals surface area (Å²) < 4.78 is 44.0. The summed E-state index contributed by atoms with van der Waals surface area (Å²) in [6, 6.07) is 8.13. The quantitative estimate of drug-likeness (QED) is 0.750. The Hall–Kier alpha value is -3.03. The normalized spacial score (nSPS) is 11.7. The SMILES string of the molecule is Cc1ccc2cc(CN(Cc3ccco3)C(=O)C(F)(F)F)c(=O)[nH]c2c1C. The van der Waals surface area contributed by atoms with Crippen LogP contribution in [-0.4, -0.2) is 22.0 Å². The summed E-state index contributed by atoms with van der Waals surface area (Å²) in [7, 11) is 0. The highest BCUT2D eigenvalue weighted by Crippen LogP contribution is 2.23. The molecule has 8 heteroatoms. The summed E-state index contributed by atoms with van der Waals surface area (Å²) in [4.78, 5) is 27.5. The van der Waals surface area contributed by atoms with E-state index in [1.807, 2.05) is 19.9 Å². The van der Waals surface area contributed by atoms with Crippen LogP contribution in [0.3, 0.4) is 0 Å². The number of alkyl halides is 3. The zero-order chi connectivity index (χ0) is 19.8. The molecule has 0 aliphatic heterocycles. The Kier molecular flexibility index (Phi) is 4.82. The number of carbonyl (C=O) groups excluding carboxylic acids is 1. The zero-order valence-electron chi connectivity index (χ0n) is 14.7. The van der Waals surface area contributed by atoms with Crippen molar-refractivity contribution in [2.45, 2.75) is 33.1 Å². The number of benzene rings is 1. The number of hydrogen-bond donors (Lipinski definition) is 1. The summed E-state index contributed by atoms with van der Waals surface area (Å²) in [5.41, 5.74) is 2.03. The van der Waals surface area contributed by atoms with Gasteiger partial charge in [0, 0.05) is 5.56 Å². The molecule has 0 saturated heterocycles. The molecule has 1 N–H and O–H groups in total. The second-order valence-corrected chi connectivity index (χ2v) is 6.33. The summed E-state index contributed by atoms with van der Waals surface area (Å²) >= 11 is 0. The molecule has 0 aliphatic carbocycles. The van der Waals surface area contributed by atoms with Gasteiger partial charge >= 0.3 is 12.1 Å². The Labute approximate surface area is 152 Å². The fourth-order valence-electron chi connectivity index (χ4n) is 2.86. The van der Waals surface area contributed by atoms with Crippen LogP contribution in [-0.2, 0) is 17.9 Å². The number of amides is 1. The zero-order valence-corrected chi connectivity index (χ0v) is 14.7. The molecule has 0 aliphatic rings. The van der Waals surface area contributed by atoms with Crippen LogP contribution in [0.15, 0.2) is 45.8 Å². The van der Waals surface area contributed by atoms with Crippen molar-refractivity contribution in [2.24, 2.45) is 0 Å². The maximum Gasteiger partial charge on any atom is 0.471 e. The van der Waals surface area contributed by atoms with Crippen molar-refractivity contribution in [3.63, 3.8) is 0 Å². The van der Waals surface area contributed by atoms with Gasteiger partial charge in [-0.2, -0.15) is 13.2 Å². The van der Waals surface area contributed by atoms with Crippen LogP contribution in [0.4, 0.5) is 13.2 Å². The van der Waals surface area contributed by atoms with Crippen molar-refractivity contribution >= 4 is 16.8 Å². The van der Waals surface area contributed by atoms with E-state index >= 15 is 0 Å².